The quantitative estimate of drug-likeness (QED) is 0.603. The van der Waals surface area contributed by atoms with Crippen molar-refractivity contribution in [1.29, 1.82) is 0 Å². The molecule has 0 aliphatic carbocycles. The first-order chi connectivity index (χ1) is 12.9. The van der Waals surface area contributed by atoms with Gasteiger partial charge in [0.15, 0.2) is 0 Å². The third-order valence-electron chi connectivity index (χ3n) is 4.65. The first kappa shape index (κ1) is 18.7. The third kappa shape index (κ3) is 3.71. The summed E-state index contributed by atoms with van der Waals surface area (Å²) in [5.74, 6) is 0. The van der Waals surface area contributed by atoms with Crippen LogP contribution in [0.25, 0.3) is 10.8 Å². The van der Waals surface area contributed by atoms with E-state index in [9.17, 15) is 8.42 Å². The van der Waals surface area contributed by atoms with Gasteiger partial charge < -0.3 is 4.74 Å². The van der Waals surface area contributed by atoms with Crippen LogP contribution in [0, 0.1) is 0 Å². The molecule has 27 heavy (non-hydrogen) atoms. The predicted molar refractivity (Wildman–Crippen MR) is 108 cm³/mol. The maximum atomic E-state index is 13.3. The number of nitrogens with zero attached hydrogens (tertiary/aromatic N) is 1. The molecule has 0 saturated carbocycles. The maximum absolute atomic E-state index is 13.3. The average molecular weight is 422 g/mol. The molecule has 0 spiro atoms. The lowest BCUT2D eigenvalue weighted by atomic mass is 10.1. The van der Waals surface area contributed by atoms with E-state index in [0.29, 0.717) is 33.5 Å². The molecule has 4 nitrogen and oxygen atoms in total. The van der Waals surface area contributed by atoms with E-state index in [-0.39, 0.29) is 6.54 Å². The van der Waals surface area contributed by atoms with Crippen molar-refractivity contribution in [3.8, 4) is 0 Å². The number of sulfonamides is 1. The van der Waals surface area contributed by atoms with E-state index in [0.717, 1.165) is 10.9 Å². The van der Waals surface area contributed by atoms with Crippen LogP contribution < -0.4 is 0 Å². The van der Waals surface area contributed by atoms with E-state index in [4.69, 9.17) is 27.9 Å². The second-order valence-corrected chi connectivity index (χ2v) is 9.18. The fourth-order valence-corrected chi connectivity index (χ4v) is 5.55. The van der Waals surface area contributed by atoms with Crippen LogP contribution in [0.1, 0.15) is 11.7 Å². The molecule has 140 valence electrons. The summed E-state index contributed by atoms with van der Waals surface area (Å²) in [5.41, 5.74) is 0.769. The van der Waals surface area contributed by atoms with Crippen LogP contribution in [0.4, 0.5) is 0 Å². The SMILES string of the molecule is O=S(=O)(c1cccc2ccccc12)N1CCOC(c2cc(Cl)cc(Cl)c2)C1. The van der Waals surface area contributed by atoms with Crippen LogP contribution in [0.3, 0.4) is 0 Å². The van der Waals surface area contributed by atoms with Crippen LogP contribution in [0.2, 0.25) is 10.0 Å². The fraction of sp³-hybridized carbons (Fsp3) is 0.200. The number of hydrogen-bond donors (Lipinski definition) is 0. The molecule has 0 amide bonds. The topological polar surface area (TPSA) is 46.6 Å². The summed E-state index contributed by atoms with van der Waals surface area (Å²) < 4.78 is 33.9. The summed E-state index contributed by atoms with van der Waals surface area (Å²) in [7, 11) is -3.66. The number of benzene rings is 3. The van der Waals surface area contributed by atoms with Gasteiger partial charge in [0.25, 0.3) is 0 Å². The largest absolute Gasteiger partial charge is 0.371 e. The number of fused-ring (bicyclic) bond motifs is 1. The fourth-order valence-electron chi connectivity index (χ4n) is 3.37. The molecule has 0 radical (unpaired) electrons. The van der Waals surface area contributed by atoms with Crippen molar-refractivity contribution < 1.29 is 13.2 Å². The molecule has 1 unspecified atom stereocenters. The van der Waals surface area contributed by atoms with E-state index >= 15 is 0 Å². The highest BCUT2D eigenvalue weighted by atomic mass is 35.5. The zero-order chi connectivity index (χ0) is 19.0. The molecule has 3 aromatic rings. The van der Waals surface area contributed by atoms with Crippen molar-refractivity contribution >= 4 is 44.0 Å². The lowest BCUT2D eigenvalue weighted by Crippen LogP contribution is -2.42. The molecule has 1 aliphatic heterocycles. The highest BCUT2D eigenvalue weighted by Crippen LogP contribution is 2.32. The van der Waals surface area contributed by atoms with Gasteiger partial charge in [0.1, 0.15) is 0 Å². The Morgan fingerprint density at radius 1 is 0.963 bits per heavy atom. The number of ether oxygens (including phenoxy) is 1. The van der Waals surface area contributed by atoms with E-state index in [1.807, 2.05) is 30.3 Å². The normalized spacial score (nSPS) is 18.7. The molecule has 0 aromatic heterocycles. The second kappa shape index (κ2) is 7.41. The summed E-state index contributed by atoms with van der Waals surface area (Å²) in [6.45, 7) is 0.817. The zero-order valence-electron chi connectivity index (χ0n) is 14.3. The molecule has 1 atom stereocenters. The van der Waals surface area contributed by atoms with E-state index in [1.165, 1.54) is 4.31 Å². The van der Waals surface area contributed by atoms with E-state index in [1.54, 1.807) is 30.3 Å². The van der Waals surface area contributed by atoms with Crippen molar-refractivity contribution in [3.63, 3.8) is 0 Å². The van der Waals surface area contributed by atoms with Crippen LogP contribution in [-0.4, -0.2) is 32.4 Å². The number of rotatable bonds is 3. The molecular weight excluding hydrogens is 405 g/mol. The van der Waals surface area contributed by atoms with Gasteiger partial charge in [-0.3, -0.25) is 0 Å². The molecule has 1 aliphatic rings. The second-order valence-electron chi connectivity index (χ2n) is 6.40. The minimum absolute atomic E-state index is 0.211. The van der Waals surface area contributed by atoms with Crippen molar-refractivity contribution in [1.82, 2.24) is 4.31 Å². The Morgan fingerprint density at radius 2 is 1.67 bits per heavy atom. The van der Waals surface area contributed by atoms with Crippen LogP contribution in [0.5, 0.6) is 0 Å². The molecule has 3 aromatic carbocycles. The molecule has 4 rings (SSSR count). The Balaban J connectivity index is 1.69. The standard InChI is InChI=1S/C20H17Cl2NO3S/c21-16-10-15(11-17(22)12-16)19-13-23(8-9-26-19)27(24,25)20-7-3-5-14-4-1-2-6-18(14)20/h1-7,10-12,19H,8-9,13H2. The van der Waals surface area contributed by atoms with Gasteiger partial charge in [-0.2, -0.15) is 4.31 Å². The molecule has 7 heteroatoms. The minimum Gasteiger partial charge on any atom is -0.371 e. The predicted octanol–water partition coefficient (Wildman–Crippen LogP) is 4.91. The Hall–Kier alpha value is -1.63. The highest BCUT2D eigenvalue weighted by molar-refractivity contribution is 7.89. The van der Waals surface area contributed by atoms with Crippen molar-refractivity contribution in [2.45, 2.75) is 11.0 Å². The van der Waals surface area contributed by atoms with E-state index < -0.39 is 16.1 Å². The van der Waals surface area contributed by atoms with Crippen LogP contribution >= 0.6 is 23.2 Å². The van der Waals surface area contributed by atoms with Crippen LogP contribution in [0.15, 0.2) is 65.6 Å². The van der Waals surface area contributed by atoms with Gasteiger partial charge in [0.05, 0.1) is 17.6 Å². The molecule has 1 fully saturated rings. The summed E-state index contributed by atoms with van der Waals surface area (Å²) >= 11 is 12.2. The molecule has 0 bridgehead atoms. The molecule has 0 N–H and O–H groups in total. The molecule has 1 saturated heterocycles. The monoisotopic (exact) mass is 421 g/mol. The maximum Gasteiger partial charge on any atom is 0.243 e. The summed E-state index contributed by atoms with van der Waals surface area (Å²) in [6, 6.07) is 18.0. The first-order valence-electron chi connectivity index (χ1n) is 8.51. The average Bonchev–Trinajstić information content (AvgIpc) is 2.67. The van der Waals surface area contributed by atoms with Gasteiger partial charge in [-0.1, -0.05) is 59.6 Å². The highest BCUT2D eigenvalue weighted by Gasteiger charge is 2.32. The van der Waals surface area contributed by atoms with Crippen molar-refractivity contribution in [3.05, 3.63) is 76.3 Å². The number of halogens is 2. The lowest BCUT2D eigenvalue weighted by Gasteiger charge is -2.32. The van der Waals surface area contributed by atoms with Gasteiger partial charge in [-0.25, -0.2) is 8.42 Å². The third-order valence-corrected chi connectivity index (χ3v) is 7.01. The Morgan fingerprint density at radius 3 is 2.44 bits per heavy atom. The van der Waals surface area contributed by atoms with Gasteiger partial charge in [0.2, 0.25) is 10.0 Å². The Bertz CT molecular complexity index is 1080. The Kier molecular flexibility index (Phi) is 5.14. The number of morpholine rings is 1. The van der Waals surface area contributed by atoms with Gasteiger partial charge in [-0.15, -0.1) is 0 Å². The van der Waals surface area contributed by atoms with Crippen LogP contribution in [-0.2, 0) is 14.8 Å². The lowest BCUT2D eigenvalue weighted by molar-refractivity contribution is -0.00252. The smallest absolute Gasteiger partial charge is 0.243 e. The first-order valence-corrected chi connectivity index (χ1v) is 10.7. The summed E-state index contributed by atoms with van der Waals surface area (Å²) in [5, 5.41) is 2.60. The van der Waals surface area contributed by atoms with Crippen molar-refractivity contribution in [2.75, 3.05) is 19.7 Å². The van der Waals surface area contributed by atoms with E-state index in [2.05, 4.69) is 0 Å². The molecule has 1 heterocycles. The van der Waals surface area contributed by atoms with Crippen molar-refractivity contribution in [2.24, 2.45) is 0 Å². The Labute approximate surface area is 168 Å². The van der Waals surface area contributed by atoms with Gasteiger partial charge >= 0.3 is 0 Å². The van der Waals surface area contributed by atoms with Gasteiger partial charge in [-0.05, 0) is 35.2 Å². The summed E-state index contributed by atoms with van der Waals surface area (Å²) in [6.07, 6.45) is -0.417. The minimum atomic E-state index is -3.66. The number of hydrogen-bond acceptors (Lipinski definition) is 3. The zero-order valence-corrected chi connectivity index (χ0v) is 16.6. The molecular formula is C20H17Cl2NO3S. The summed E-state index contributed by atoms with van der Waals surface area (Å²) in [4.78, 5) is 0.311. The van der Waals surface area contributed by atoms with Gasteiger partial charge in [0, 0.05) is 28.5 Å².